The summed E-state index contributed by atoms with van der Waals surface area (Å²) in [4.78, 5) is 28.5. The Bertz CT molecular complexity index is 729. The third-order valence-corrected chi connectivity index (χ3v) is 3.21. The maximum atomic E-state index is 12.3. The molecule has 0 aliphatic heterocycles. The molecule has 0 unspecified atom stereocenters. The van der Waals surface area contributed by atoms with Crippen LogP contribution in [0.4, 0.5) is 5.69 Å². The molecule has 0 spiro atoms. The van der Waals surface area contributed by atoms with Gasteiger partial charge in [-0.25, -0.2) is 4.98 Å². The highest BCUT2D eigenvalue weighted by atomic mass is 16.5. The number of nitrogens with one attached hydrogen (secondary N) is 2. The molecule has 0 saturated carbocycles. The molecule has 0 bridgehead atoms. The lowest BCUT2D eigenvalue weighted by atomic mass is 10.2. The average molecular weight is 327 g/mol. The molecule has 6 nitrogen and oxygen atoms in total. The fourth-order valence-corrected chi connectivity index (χ4v) is 1.97. The predicted octanol–water partition coefficient (Wildman–Crippen LogP) is 2.73. The second-order valence-electron chi connectivity index (χ2n) is 5.70. The van der Waals surface area contributed by atoms with Gasteiger partial charge in [-0.2, -0.15) is 0 Å². The van der Waals surface area contributed by atoms with E-state index in [9.17, 15) is 9.59 Å². The summed E-state index contributed by atoms with van der Waals surface area (Å²) >= 11 is 0. The molecule has 24 heavy (non-hydrogen) atoms. The molecule has 1 aromatic carbocycles. The van der Waals surface area contributed by atoms with Gasteiger partial charge in [0.05, 0.1) is 7.11 Å². The predicted molar refractivity (Wildman–Crippen MR) is 92.4 cm³/mol. The molecule has 0 saturated heterocycles. The minimum Gasteiger partial charge on any atom is -0.497 e. The van der Waals surface area contributed by atoms with Crippen LogP contribution in [-0.4, -0.2) is 30.5 Å². The summed E-state index contributed by atoms with van der Waals surface area (Å²) in [5, 5.41) is 5.52. The number of pyridine rings is 1. The minimum atomic E-state index is -0.387. The molecule has 0 atom stereocenters. The Labute approximate surface area is 141 Å². The lowest BCUT2D eigenvalue weighted by Gasteiger charge is -2.09. The molecule has 2 rings (SSSR count). The number of ether oxygens (including phenoxy) is 1. The standard InChI is InChI=1S/C18H21N3O3/c1-12(2)11-19-17(22)15-8-5-9-16(21-15)18(23)20-13-6-4-7-14(10-13)24-3/h4-10,12H,11H2,1-3H3,(H,19,22)(H,20,23). The maximum absolute atomic E-state index is 12.3. The summed E-state index contributed by atoms with van der Waals surface area (Å²) in [6, 6.07) is 11.8. The smallest absolute Gasteiger partial charge is 0.274 e. The van der Waals surface area contributed by atoms with Crippen molar-refractivity contribution in [2.45, 2.75) is 13.8 Å². The van der Waals surface area contributed by atoms with E-state index < -0.39 is 0 Å². The average Bonchev–Trinajstić information content (AvgIpc) is 2.59. The van der Waals surface area contributed by atoms with Crippen molar-refractivity contribution >= 4 is 17.5 Å². The summed E-state index contributed by atoms with van der Waals surface area (Å²) in [7, 11) is 1.56. The maximum Gasteiger partial charge on any atom is 0.274 e. The molecule has 2 aromatic rings. The van der Waals surface area contributed by atoms with E-state index >= 15 is 0 Å². The summed E-state index contributed by atoms with van der Waals surface area (Å²) < 4.78 is 5.12. The summed E-state index contributed by atoms with van der Waals surface area (Å²) in [5.41, 5.74) is 0.986. The van der Waals surface area contributed by atoms with Crippen LogP contribution >= 0.6 is 0 Å². The first-order valence-electron chi connectivity index (χ1n) is 7.70. The molecule has 2 amide bonds. The third kappa shape index (κ3) is 4.81. The van der Waals surface area contributed by atoms with Gasteiger partial charge in [-0.3, -0.25) is 9.59 Å². The van der Waals surface area contributed by atoms with Gasteiger partial charge in [-0.15, -0.1) is 0 Å². The Balaban J connectivity index is 2.09. The highest BCUT2D eigenvalue weighted by Gasteiger charge is 2.13. The Hall–Kier alpha value is -2.89. The SMILES string of the molecule is COc1cccc(NC(=O)c2cccc(C(=O)NCC(C)C)n2)c1. The summed E-state index contributed by atoms with van der Waals surface area (Å²) in [6.45, 7) is 4.57. The molecular formula is C18H21N3O3. The van der Waals surface area contributed by atoms with Crippen LogP contribution in [0, 0.1) is 5.92 Å². The quantitative estimate of drug-likeness (QED) is 0.855. The van der Waals surface area contributed by atoms with Crippen LogP contribution in [0.25, 0.3) is 0 Å². The van der Waals surface area contributed by atoms with E-state index in [0.29, 0.717) is 23.9 Å². The van der Waals surface area contributed by atoms with Gasteiger partial charge in [0.25, 0.3) is 11.8 Å². The topological polar surface area (TPSA) is 80.3 Å². The van der Waals surface area contributed by atoms with Gasteiger partial charge in [-0.1, -0.05) is 26.0 Å². The first kappa shape index (κ1) is 17.5. The van der Waals surface area contributed by atoms with Crippen LogP contribution in [0.5, 0.6) is 5.75 Å². The number of rotatable bonds is 6. The fraction of sp³-hybridized carbons (Fsp3) is 0.278. The monoisotopic (exact) mass is 327 g/mol. The zero-order chi connectivity index (χ0) is 17.5. The molecule has 0 aliphatic rings. The lowest BCUT2D eigenvalue weighted by Crippen LogP contribution is -2.28. The van der Waals surface area contributed by atoms with Gasteiger partial charge in [0, 0.05) is 18.3 Å². The number of carbonyl (C=O) groups is 2. The van der Waals surface area contributed by atoms with Crippen molar-refractivity contribution < 1.29 is 14.3 Å². The van der Waals surface area contributed by atoms with Gasteiger partial charge in [0.1, 0.15) is 17.1 Å². The van der Waals surface area contributed by atoms with E-state index in [0.717, 1.165) is 0 Å². The number of methoxy groups -OCH3 is 1. The Kier molecular flexibility index (Phi) is 5.89. The highest BCUT2D eigenvalue weighted by molar-refractivity contribution is 6.03. The normalized spacial score (nSPS) is 10.3. The van der Waals surface area contributed by atoms with Crippen LogP contribution in [0.15, 0.2) is 42.5 Å². The largest absolute Gasteiger partial charge is 0.497 e. The van der Waals surface area contributed by atoms with E-state index in [2.05, 4.69) is 15.6 Å². The van der Waals surface area contributed by atoms with E-state index in [1.54, 1.807) is 49.6 Å². The molecule has 1 aromatic heterocycles. The number of aromatic nitrogens is 1. The lowest BCUT2D eigenvalue weighted by molar-refractivity contribution is 0.0944. The van der Waals surface area contributed by atoms with Crippen molar-refractivity contribution in [1.82, 2.24) is 10.3 Å². The summed E-state index contributed by atoms with van der Waals surface area (Å²) in [5.74, 6) is 0.303. The van der Waals surface area contributed by atoms with Gasteiger partial charge < -0.3 is 15.4 Å². The van der Waals surface area contributed by atoms with Gasteiger partial charge >= 0.3 is 0 Å². The van der Waals surface area contributed by atoms with Crippen molar-refractivity contribution in [3.05, 3.63) is 53.9 Å². The second kappa shape index (κ2) is 8.10. The van der Waals surface area contributed by atoms with E-state index in [1.165, 1.54) is 0 Å². The number of amides is 2. The molecule has 6 heteroatoms. The summed E-state index contributed by atoms with van der Waals surface area (Å²) in [6.07, 6.45) is 0. The third-order valence-electron chi connectivity index (χ3n) is 3.21. The second-order valence-corrected chi connectivity index (χ2v) is 5.70. The molecular weight excluding hydrogens is 306 g/mol. The molecule has 126 valence electrons. The Morgan fingerprint density at radius 2 is 1.75 bits per heavy atom. The van der Waals surface area contributed by atoms with Gasteiger partial charge in [0.15, 0.2) is 0 Å². The van der Waals surface area contributed by atoms with Gasteiger partial charge in [-0.05, 0) is 30.2 Å². The number of anilines is 1. The number of nitrogens with zero attached hydrogens (tertiary/aromatic N) is 1. The first-order valence-corrected chi connectivity index (χ1v) is 7.70. The highest BCUT2D eigenvalue weighted by Crippen LogP contribution is 2.17. The molecule has 2 N–H and O–H groups in total. The van der Waals surface area contributed by atoms with E-state index in [-0.39, 0.29) is 23.2 Å². The van der Waals surface area contributed by atoms with Gasteiger partial charge in [0.2, 0.25) is 0 Å². The number of carbonyl (C=O) groups excluding carboxylic acids is 2. The van der Waals surface area contributed by atoms with Crippen molar-refractivity contribution in [1.29, 1.82) is 0 Å². The van der Waals surface area contributed by atoms with Crippen molar-refractivity contribution in [2.75, 3.05) is 19.0 Å². The van der Waals surface area contributed by atoms with Crippen LogP contribution in [0.1, 0.15) is 34.8 Å². The van der Waals surface area contributed by atoms with E-state index in [4.69, 9.17) is 4.74 Å². The zero-order valence-corrected chi connectivity index (χ0v) is 14.0. The first-order chi connectivity index (χ1) is 11.5. The van der Waals surface area contributed by atoms with E-state index in [1.807, 2.05) is 13.8 Å². The number of hydrogen-bond acceptors (Lipinski definition) is 4. The molecule has 0 aliphatic carbocycles. The molecule has 0 fully saturated rings. The van der Waals surface area contributed by atoms with Crippen molar-refractivity contribution in [3.8, 4) is 5.75 Å². The Morgan fingerprint density at radius 1 is 1.08 bits per heavy atom. The van der Waals surface area contributed by atoms with Crippen LogP contribution in [-0.2, 0) is 0 Å². The van der Waals surface area contributed by atoms with Crippen LogP contribution in [0.3, 0.4) is 0 Å². The fourth-order valence-electron chi connectivity index (χ4n) is 1.97. The number of benzene rings is 1. The molecule has 0 radical (unpaired) electrons. The van der Waals surface area contributed by atoms with Crippen LogP contribution < -0.4 is 15.4 Å². The van der Waals surface area contributed by atoms with Crippen molar-refractivity contribution in [2.24, 2.45) is 5.92 Å². The zero-order valence-electron chi connectivity index (χ0n) is 14.0. The minimum absolute atomic E-state index is 0.176. The number of hydrogen-bond donors (Lipinski definition) is 2. The van der Waals surface area contributed by atoms with Crippen LogP contribution in [0.2, 0.25) is 0 Å². The van der Waals surface area contributed by atoms with Crippen molar-refractivity contribution in [3.63, 3.8) is 0 Å². The molecule has 1 heterocycles. The Morgan fingerprint density at radius 3 is 2.42 bits per heavy atom.